The number of methoxy groups -OCH3 is 1. The number of piperidine rings is 1. The first-order valence-electron chi connectivity index (χ1n) is 13.5. The highest BCUT2D eigenvalue weighted by Gasteiger charge is 2.38. The second kappa shape index (κ2) is 10.9. The van der Waals surface area contributed by atoms with Gasteiger partial charge in [-0.3, -0.25) is 0 Å². The van der Waals surface area contributed by atoms with Crippen LogP contribution in [0.3, 0.4) is 0 Å². The predicted octanol–water partition coefficient (Wildman–Crippen LogP) is 3.35. The van der Waals surface area contributed by atoms with Crippen LogP contribution >= 0.6 is 0 Å². The maximum atomic E-state index is 11.8. The van der Waals surface area contributed by atoms with Gasteiger partial charge in [0.2, 0.25) is 5.95 Å². The molecule has 2 fully saturated rings. The van der Waals surface area contributed by atoms with Crippen LogP contribution in [0.2, 0.25) is 0 Å². The van der Waals surface area contributed by atoms with Crippen LogP contribution in [0.4, 0.5) is 23.3 Å². The number of nitrogens with one attached hydrogen (secondary N) is 1. The highest BCUT2D eigenvalue weighted by molar-refractivity contribution is 7.90. The average Bonchev–Trinajstić information content (AvgIpc) is 2.89. The summed E-state index contributed by atoms with van der Waals surface area (Å²) in [5, 5.41) is 15.9. The van der Waals surface area contributed by atoms with E-state index in [9.17, 15) is 13.5 Å². The minimum Gasteiger partial charge on any atom is -0.389 e. The smallest absolute Gasteiger partial charge is 0.227 e. The molecule has 2 aromatic heterocycles. The van der Waals surface area contributed by atoms with Crippen LogP contribution in [-0.2, 0) is 14.6 Å². The number of sulfone groups is 1. The Balaban J connectivity index is 1.40. The SMILES string of the molecule is CO[C@@H]1CCN(c2nccc(Nc3cc4c(C(C)C)ccc(N5C[C@H](CS(C)(=O)=O)[C@H]5C)c4cn3)n2)C[C@H]1O. The normalized spacial score (nSPS) is 23.8. The Hall–Kier alpha value is -3.02. The van der Waals surface area contributed by atoms with Crippen molar-refractivity contribution in [2.75, 3.05) is 53.9 Å². The first-order valence-corrected chi connectivity index (χ1v) is 15.5. The first-order chi connectivity index (χ1) is 18.5. The zero-order valence-electron chi connectivity index (χ0n) is 23.2. The Bertz CT molecular complexity index is 1450. The van der Waals surface area contributed by atoms with Crippen LogP contribution in [0, 0.1) is 5.92 Å². The number of fused-ring (bicyclic) bond motifs is 1. The van der Waals surface area contributed by atoms with E-state index in [1.807, 2.05) is 11.1 Å². The van der Waals surface area contributed by atoms with Gasteiger partial charge < -0.3 is 25.0 Å². The van der Waals surface area contributed by atoms with E-state index in [2.05, 4.69) is 59.2 Å². The van der Waals surface area contributed by atoms with Crippen LogP contribution in [0.15, 0.2) is 36.7 Å². The van der Waals surface area contributed by atoms with E-state index in [-0.39, 0.29) is 23.8 Å². The van der Waals surface area contributed by atoms with Crippen molar-refractivity contribution in [1.82, 2.24) is 15.0 Å². The topological polar surface area (TPSA) is 121 Å². The number of aromatic nitrogens is 3. The Morgan fingerprint density at radius 1 is 1.15 bits per heavy atom. The fourth-order valence-corrected chi connectivity index (χ4v) is 6.89. The van der Waals surface area contributed by atoms with Gasteiger partial charge in [-0.25, -0.2) is 18.4 Å². The summed E-state index contributed by atoms with van der Waals surface area (Å²) in [7, 11) is -1.39. The maximum Gasteiger partial charge on any atom is 0.227 e. The van der Waals surface area contributed by atoms with Crippen LogP contribution < -0.4 is 15.1 Å². The van der Waals surface area contributed by atoms with E-state index in [4.69, 9.17) is 9.72 Å². The van der Waals surface area contributed by atoms with Crippen molar-refractivity contribution in [3.05, 3.63) is 42.2 Å². The summed E-state index contributed by atoms with van der Waals surface area (Å²) in [5.41, 5.74) is 2.30. The second-order valence-corrected chi connectivity index (χ2v) is 13.3. The minimum absolute atomic E-state index is 0.127. The number of aliphatic hydroxyl groups excluding tert-OH is 1. The zero-order chi connectivity index (χ0) is 27.9. The van der Waals surface area contributed by atoms with Crippen molar-refractivity contribution in [2.24, 2.45) is 5.92 Å². The van der Waals surface area contributed by atoms with Crippen LogP contribution in [0.1, 0.15) is 38.7 Å². The third-order valence-electron chi connectivity index (χ3n) is 7.97. The molecule has 11 heteroatoms. The molecule has 2 saturated heterocycles. The fraction of sp³-hybridized carbons (Fsp3) is 0.536. The van der Waals surface area contributed by atoms with E-state index in [0.717, 1.165) is 16.5 Å². The van der Waals surface area contributed by atoms with Crippen molar-refractivity contribution in [1.29, 1.82) is 0 Å². The van der Waals surface area contributed by atoms with E-state index < -0.39 is 15.9 Å². The highest BCUT2D eigenvalue weighted by atomic mass is 32.2. The Morgan fingerprint density at radius 2 is 1.95 bits per heavy atom. The molecule has 0 radical (unpaired) electrons. The summed E-state index contributed by atoms with van der Waals surface area (Å²) >= 11 is 0. The number of aliphatic hydroxyl groups is 1. The maximum absolute atomic E-state index is 11.8. The second-order valence-electron chi connectivity index (χ2n) is 11.1. The standard InChI is InChI=1S/C28H38N6O4S/c1-17(2)20-6-7-23(34-14-19(18(34)3)16-39(5,36)37)22-13-30-27(12-21(20)22)31-26-8-10-29-28(32-26)33-11-9-25(38-4)24(35)15-33/h6-8,10,12-13,17-19,24-25,35H,9,11,14-16H2,1-5H3,(H,29,30,31,32)/t18-,19-,24-,25-/m1/s1. The number of rotatable bonds is 8. The van der Waals surface area contributed by atoms with Crippen LogP contribution in [0.5, 0.6) is 0 Å². The van der Waals surface area contributed by atoms with Crippen molar-refractivity contribution in [3.63, 3.8) is 0 Å². The molecular formula is C28H38N6O4S. The molecule has 0 amide bonds. The molecule has 39 heavy (non-hydrogen) atoms. The predicted molar refractivity (Wildman–Crippen MR) is 155 cm³/mol. The molecule has 0 bridgehead atoms. The Morgan fingerprint density at radius 3 is 2.62 bits per heavy atom. The van der Waals surface area contributed by atoms with Gasteiger partial charge in [0.25, 0.3) is 0 Å². The number of hydrogen-bond acceptors (Lipinski definition) is 10. The van der Waals surface area contributed by atoms with Gasteiger partial charge in [-0.05, 0) is 48.4 Å². The molecule has 5 rings (SSSR count). The molecule has 3 aromatic rings. The lowest BCUT2D eigenvalue weighted by atomic mass is 9.88. The van der Waals surface area contributed by atoms with Gasteiger partial charge in [-0.1, -0.05) is 19.9 Å². The first kappa shape index (κ1) is 27.5. The average molecular weight is 555 g/mol. The van der Waals surface area contributed by atoms with Gasteiger partial charge in [-0.15, -0.1) is 0 Å². The number of benzene rings is 1. The molecule has 4 heterocycles. The molecule has 0 spiro atoms. The van der Waals surface area contributed by atoms with E-state index in [1.54, 1.807) is 19.4 Å². The van der Waals surface area contributed by atoms with Crippen molar-refractivity contribution >= 4 is 43.9 Å². The minimum atomic E-state index is -3.01. The third kappa shape index (κ3) is 5.80. The molecule has 1 aromatic carbocycles. The largest absolute Gasteiger partial charge is 0.389 e. The molecule has 0 aliphatic carbocycles. The molecule has 4 atom stereocenters. The molecule has 2 N–H and O–H groups in total. The molecule has 210 valence electrons. The Labute approximate surface area is 230 Å². The van der Waals surface area contributed by atoms with Crippen LogP contribution in [0.25, 0.3) is 10.8 Å². The number of nitrogens with zero attached hydrogens (tertiary/aromatic N) is 5. The quantitative estimate of drug-likeness (QED) is 0.429. The molecule has 10 nitrogen and oxygen atoms in total. The number of hydrogen-bond donors (Lipinski definition) is 2. The number of ether oxygens (including phenoxy) is 1. The van der Waals surface area contributed by atoms with Gasteiger partial charge in [-0.2, -0.15) is 4.98 Å². The van der Waals surface area contributed by atoms with Gasteiger partial charge in [0.1, 0.15) is 21.5 Å². The van der Waals surface area contributed by atoms with Crippen molar-refractivity contribution in [2.45, 2.75) is 51.4 Å². The van der Waals surface area contributed by atoms with Gasteiger partial charge in [0.15, 0.2) is 0 Å². The molecule has 2 aliphatic heterocycles. The van der Waals surface area contributed by atoms with Crippen molar-refractivity contribution < 1.29 is 18.3 Å². The zero-order valence-corrected chi connectivity index (χ0v) is 24.0. The van der Waals surface area contributed by atoms with Gasteiger partial charge >= 0.3 is 0 Å². The summed E-state index contributed by atoms with van der Waals surface area (Å²) in [5.74, 6) is 2.50. The highest BCUT2D eigenvalue weighted by Crippen LogP contribution is 2.39. The summed E-state index contributed by atoms with van der Waals surface area (Å²) < 4.78 is 29.0. The van der Waals surface area contributed by atoms with Crippen molar-refractivity contribution in [3.8, 4) is 0 Å². The summed E-state index contributed by atoms with van der Waals surface area (Å²) in [6.07, 6.45) is 4.84. The lowest BCUT2D eigenvalue weighted by Gasteiger charge is -2.48. The molecule has 0 saturated carbocycles. The third-order valence-corrected chi connectivity index (χ3v) is 9.00. The van der Waals surface area contributed by atoms with E-state index in [0.29, 0.717) is 49.6 Å². The number of anilines is 4. The molecule has 0 unspecified atom stereocenters. The lowest BCUT2D eigenvalue weighted by Crippen LogP contribution is -2.57. The van der Waals surface area contributed by atoms with Gasteiger partial charge in [0.05, 0.1) is 18.0 Å². The Kier molecular flexibility index (Phi) is 7.67. The summed E-state index contributed by atoms with van der Waals surface area (Å²) in [6.45, 7) is 8.27. The number of pyridine rings is 1. The number of β-amino-alcohol motifs (C(OH)–C–C–N with tert-alkyl or cyclic N) is 1. The van der Waals surface area contributed by atoms with E-state index in [1.165, 1.54) is 11.8 Å². The van der Waals surface area contributed by atoms with E-state index >= 15 is 0 Å². The fourth-order valence-electron chi connectivity index (χ4n) is 5.72. The summed E-state index contributed by atoms with van der Waals surface area (Å²) in [6, 6.07) is 8.30. The monoisotopic (exact) mass is 554 g/mol. The molecule has 2 aliphatic rings. The van der Waals surface area contributed by atoms with Crippen LogP contribution in [-0.4, -0.2) is 85.5 Å². The molecular weight excluding hydrogens is 516 g/mol. The summed E-state index contributed by atoms with van der Waals surface area (Å²) in [4.78, 5) is 18.1. The lowest BCUT2D eigenvalue weighted by molar-refractivity contribution is -0.0219. The van der Waals surface area contributed by atoms with Gasteiger partial charge in [0, 0.05) is 68.4 Å².